The van der Waals surface area contributed by atoms with Crippen molar-refractivity contribution in [2.45, 2.75) is 57.3 Å². The number of amides is 1. The Hall–Kier alpha value is -1.55. The molecule has 29 heavy (non-hydrogen) atoms. The molecule has 154 valence electrons. The van der Waals surface area contributed by atoms with Gasteiger partial charge in [0, 0.05) is 33.5 Å². The van der Waals surface area contributed by atoms with Crippen molar-refractivity contribution in [3.8, 4) is 0 Å². The van der Waals surface area contributed by atoms with E-state index in [1.54, 1.807) is 24.3 Å². The van der Waals surface area contributed by atoms with Gasteiger partial charge in [0.05, 0.1) is 12.2 Å². The lowest BCUT2D eigenvalue weighted by Gasteiger charge is -2.52. The van der Waals surface area contributed by atoms with Crippen LogP contribution in [0.4, 0.5) is 0 Å². The maximum Gasteiger partial charge on any atom is 0.251 e. The molecule has 1 aliphatic heterocycles. The summed E-state index contributed by atoms with van der Waals surface area (Å²) < 4.78 is 6.57. The fraction of sp³-hybridized carbons (Fsp3) is 0.458. The normalized spacial score (nSPS) is 31.7. The van der Waals surface area contributed by atoms with Crippen molar-refractivity contribution in [1.29, 1.82) is 0 Å². The van der Waals surface area contributed by atoms with Crippen LogP contribution in [0, 0.1) is 11.8 Å². The number of benzene rings is 2. The molecule has 1 aliphatic carbocycles. The highest BCUT2D eigenvalue weighted by molar-refractivity contribution is 6.31. The first-order valence-corrected chi connectivity index (χ1v) is 11.1. The van der Waals surface area contributed by atoms with E-state index in [9.17, 15) is 4.79 Å². The molecule has 5 heteroatoms. The summed E-state index contributed by atoms with van der Waals surface area (Å²) in [5, 5.41) is 4.70. The van der Waals surface area contributed by atoms with Gasteiger partial charge in [-0.2, -0.15) is 0 Å². The number of hydrogen-bond acceptors (Lipinski definition) is 2. The van der Waals surface area contributed by atoms with E-state index < -0.39 is 0 Å². The second-order valence-corrected chi connectivity index (χ2v) is 9.64. The summed E-state index contributed by atoms with van der Waals surface area (Å²) in [6.07, 6.45) is 3.91. The van der Waals surface area contributed by atoms with Gasteiger partial charge in [-0.1, -0.05) is 54.7 Å². The van der Waals surface area contributed by atoms with Crippen LogP contribution in [-0.4, -0.2) is 17.6 Å². The van der Waals surface area contributed by atoms with E-state index in [1.165, 1.54) is 0 Å². The molecule has 2 fully saturated rings. The minimum atomic E-state index is -0.371. The van der Waals surface area contributed by atoms with Crippen LogP contribution in [0.3, 0.4) is 0 Å². The Balaban J connectivity index is 1.63. The Morgan fingerprint density at radius 3 is 2.55 bits per heavy atom. The molecule has 1 saturated heterocycles. The van der Waals surface area contributed by atoms with Crippen LogP contribution in [-0.2, 0) is 4.74 Å². The van der Waals surface area contributed by atoms with Gasteiger partial charge in [0.25, 0.3) is 5.91 Å². The summed E-state index contributed by atoms with van der Waals surface area (Å²) in [7, 11) is 0. The number of carbonyl (C=O) groups excluding carboxylic acids is 1. The van der Waals surface area contributed by atoms with Crippen LogP contribution in [0.1, 0.15) is 61.6 Å². The maximum absolute atomic E-state index is 13.1. The fourth-order valence-electron chi connectivity index (χ4n) is 5.00. The summed E-state index contributed by atoms with van der Waals surface area (Å²) in [6, 6.07) is 14.9. The van der Waals surface area contributed by atoms with Crippen molar-refractivity contribution < 1.29 is 9.53 Å². The molecule has 0 unspecified atom stereocenters. The molecule has 2 aromatic carbocycles. The summed E-state index contributed by atoms with van der Waals surface area (Å²) in [4.78, 5) is 13.1. The number of fused-ring (bicyclic) bond motifs is 1. The SMILES string of the molecule is C[C@H]1CC[C@H]2[C@H](C1)O[C@H](c1ccccc1Cl)C[C@]2(C)NC(=O)c1ccc(Cl)cc1. The van der Waals surface area contributed by atoms with Gasteiger partial charge in [0.2, 0.25) is 0 Å². The van der Waals surface area contributed by atoms with Crippen molar-refractivity contribution in [1.82, 2.24) is 5.32 Å². The maximum atomic E-state index is 13.1. The zero-order chi connectivity index (χ0) is 20.6. The van der Waals surface area contributed by atoms with Crippen LogP contribution >= 0.6 is 23.2 Å². The Bertz CT molecular complexity index is 885. The molecule has 5 atom stereocenters. The molecule has 0 bridgehead atoms. The number of nitrogens with one attached hydrogen (secondary N) is 1. The van der Waals surface area contributed by atoms with Crippen LogP contribution in [0.25, 0.3) is 0 Å². The van der Waals surface area contributed by atoms with Gasteiger partial charge in [-0.15, -0.1) is 0 Å². The zero-order valence-corrected chi connectivity index (χ0v) is 18.3. The van der Waals surface area contributed by atoms with E-state index in [4.69, 9.17) is 27.9 Å². The lowest BCUT2D eigenvalue weighted by molar-refractivity contribution is -0.144. The van der Waals surface area contributed by atoms with Crippen molar-refractivity contribution in [3.63, 3.8) is 0 Å². The average Bonchev–Trinajstić information content (AvgIpc) is 2.68. The molecule has 1 N–H and O–H groups in total. The first-order valence-electron chi connectivity index (χ1n) is 10.3. The van der Waals surface area contributed by atoms with E-state index in [-0.39, 0.29) is 29.6 Å². The van der Waals surface area contributed by atoms with Gasteiger partial charge in [-0.25, -0.2) is 0 Å². The van der Waals surface area contributed by atoms with E-state index in [0.717, 1.165) is 24.8 Å². The smallest absolute Gasteiger partial charge is 0.251 e. The number of carbonyl (C=O) groups is 1. The Morgan fingerprint density at radius 1 is 1.10 bits per heavy atom. The first-order chi connectivity index (χ1) is 13.9. The molecule has 0 radical (unpaired) electrons. The van der Waals surface area contributed by atoms with Gasteiger partial charge >= 0.3 is 0 Å². The second kappa shape index (κ2) is 8.29. The highest BCUT2D eigenvalue weighted by atomic mass is 35.5. The summed E-state index contributed by atoms with van der Waals surface area (Å²) >= 11 is 12.5. The number of rotatable bonds is 3. The van der Waals surface area contributed by atoms with Gasteiger partial charge in [-0.05, 0) is 61.6 Å². The molecule has 1 heterocycles. The van der Waals surface area contributed by atoms with Crippen LogP contribution in [0.5, 0.6) is 0 Å². The molecule has 2 aromatic rings. The molecule has 1 saturated carbocycles. The van der Waals surface area contributed by atoms with Crippen molar-refractivity contribution >= 4 is 29.1 Å². The van der Waals surface area contributed by atoms with Crippen molar-refractivity contribution in [2.75, 3.05) is 0 Å². The number of ether oxygens (including phenoxy) is 1. The average molecular weight is 432 g/mol. The van der Waals surface area contributed by atoms with Gasteiger partial charge < -0.3 is 10.1 Å². The summed E-state index contributed by atoms with van der Waals surface area (Å²) in [5.41, 5.74) is 1.25. The van der Waals surface area contributed by atoms with Gasteiger partial charge in [0.15, 0.2) is 0 Å². The third kappa shape index (κ3) is 4.33. The van der Waals surface area contributed by atoms with Gasteiger partial charge in [-0.3, -0.25) is 4.79 Å². The fourth-order valence-corrected chi connectivity index (χ4v) is 5.38. The van der Waals surface area contributed by atoms with Crippen LogP contribution < -0.4 is 5.32 Å². The predicted molar refractivity (Wildman–Crippen MR) is 118 cm³/mol. The predicted octanol–water partition coefficient (Wildman–Crippen LogP) is 6.45. The third-order valence-corrected chi connectivity index (χ3v) is 7.17. The van der Waals surface area contributed by atoms with Crippen LogP contribution in [0.2, 0.25) is 10.0 Å². The quantitative estimate of drug-likeness (QED) is 0.606. The monoisotopic (exact) mass is 431 g/mol. The lowest BCUT2D eigenvalue weighted by Crippen LogP contribution is -2.60. The summed E-state index contributed by atoms with van der Waals surface area (Å²) in [5.74, 6) is 0.840. The molecule has 4 rings (SSSR count). The van der Waals surface area contributed by atoms with Crippen molar-refractivity contribution in [3.05, 3.63) is 69.7 Å². The van der Waals surface area contributed by atoms with Crippen LogP contribution in [0.15, 0.2) is 48.5 Å². The first kappa shape index (κ1) is 20.7. The second-order valence-electron chi connectivity index (χ2n) is 8.79. The summed E-state index contributed by atoms with van der Waals surface area (Å²) in [6.45, 7) is 4.45. The Morgan fingerprint density at radius 2 is 1.83 bits per heavy atom. The highest BCUT2D eigenvalue weighted by Crippen LogP contribution is 2.48. The van der Waals surface area contributed by atoms with Gasteiger partial charge in [0.1, 0.15) is 0 Å². The molecular weight excluding hydrogens is 405 g/mol. The minimum absolute atomic E-state index is 0.0682. The Labute approximate surface area is 182 Å². The topological polar surface area (TPSA) is 38.3 Å². The van der Waals surface area contributed by atoms with E-state index in [2.05, 4.69) is 19.2 Å². The molecule has 1 amide bonds. The van der Waals surface area contributed by atoms with Crippen molar-refractivity contribution in [2.24, 2.45) is 11.8 Å². The number of hydrogen-bond donors (Lipinski definition) is 1. The molecule has 0 spiro atoms. The number of halogens is 2. The minimum Gasteiger partial charge on any atom is -0.370 e. The molecule has 2 aliphatic rings. The Kier molecular flexibility index (Phi) is 5.92. The largest absolute Gasteiger partial charge is 0.370 e. The zero-order valence-electron chi connectivity index (χ0n) is 16.8. The molecule has 0 aromatic heterocycles. The molecule has 3 nitrogen and oxygen atoms in total. The highest BCUT2D eigenvalue weighted by Gasteiger charge is 2.49. The van der Waals surface area contributed by atoms with E-state index >= 15 is 0 Å². The lowest BCUT2D eigenvalue weighted by atomic mass is 9.66. The third-order valence-electron chi connectivity index (χ3n) is 6.58. The van der Waals surface area contributed by atoms with E-state index in [1.807, 2.05) is 24.3 Å². The standard InChI is InChI=1S/C24H27Cl2NO2/c1-15-7-12-19-21(13-15)29-22(18-5-3-4-6-20(18)26)14-24(19,2)27-23(28)16-8-10-17(25)11-9-16/h3-6,8-11,15,19,21-22H,7,12-14H2,1-2H3,(H,27,28)/t15-,19-,21-,22-,24-/m0/s1. The van der Waals surface area contributed by atoms with E-state index in [0.29, 0.717) is 27.9 Å². The molecular formula is C24H27Cl2NO2.